The van der Waals surface area contributed by atoms with E-state index in [4.69, 9.17) is 9.47 Å². The monoisotopic (exact) mass is 378 g/mol. The average molecular weight is 378 g/mol. The molecule has 0 atom stereocenters. The van der Waals surface area contributed by atoms with Crippen molar-refractivity contribution in [1.82, 2.24) is 0 Å². The lowest BCUT2D eigenvalue weighted by Gasteiger charge is -2.12. The Morgan fingerprint density at radius 2 is 0.929 bits per heavy atom. The second kappa shape index (κ2) is 8.73. The lowest BCUT2D eigenvalue weighted by atomic mass is 10.2. The maximum atomic E-state index is 11.5. The summed E-state index contributed by atoms with van der Waals surface area (Å²) in [5.41, 5.74) is 0.871. The van der Waals surface area contributed by atoms with Gasteiger partial charge in [0.2, 0.25) is 0 Å². The van der Waals surface area contributed by atoms with E-state index >= 15 is 0 Å². The summed E-state index contributed by atoms with van der Waals surface area (Å²) >= 11 is 0. The molecule has 0 saturated carbocycles. The highest BCUT2D eigenvalue weighted by Gasteiger charge is 2.10. The van der Waals surface area contributed by atoms with Crippen molar-refractivity contribution in [3.63, 3.8) is 0 Å². The molecule has 0 bridgehead atoms. The summed E-state index contributed by atoms with van der Waals surface area (Å²) < 4.78 is 21.1. The standard InChI is InChI=1S/C22H18O6/c1-25-21(23)15-7-11-17(12-8-15)27-19-5-3-4-6-20(19)28-18-13-9-16(10-14-18)22(24)26-2/h3-14H,1-2H3. The average Bonchev–Trinajstić information content (AvgIpc) is 2.75. The lowest BCUT2D eigenvalue weighted by molar-refractivity contribution is 0.0592. The highest BCUT2D eigenvalue weighted by atomic mass is 16.5. The van der Waals surface area contributed by atoms with Crippen molar-refractivity contribution in [3.8, 4) is 23.0 Å². The van der Waals surface area contributed by atoms with Gasteiger partial charge in [-0.05, 0) is 60.7 Å². The van der Waals surface area contributed by atoms with Crippen LogP contribution in [0.4, 0.5) is 0 Å². The molecule has 3 rings (SSSR count). The number of hydrogen-bond acceptors (Lipinski definition) is 6. The van der Waals surface area contributed by atoms with Crippen molar-refractivity contribution in [2.45, 2.75) is 0 Å². The fourth-order valence-corrected chi connectivity index (χ4v) is 2.43. The lowest BCUT2D eigenvalue weighted by Crippen LogP contribution is -2.00. The number of carbonyl (C=O) groups is 2. The van der Waals surface area contributed by atoms with Crippen LogP contribution in [0.5, 0.6) is 23.0 Å². The first-order chi connectivity index (χ1) is 13.6. The molecule has 0 fully saturated rings. The number of para-hydroxylation sites is 2. The van der Waals surface area contributed by atoms with Crippen LogP contribution < -0.4 is 9.47 Å². The molecule has 6 nitrogen and oxygen atoms in total. The second-order valence-corrected chi connectivity index (χ2v) is 5.68. The van der Waals surface area contributed by atoms with Gasteiger partial charge in [0.25, 0.3) is 0 Å². The van der Waals surface area contributed by atoms with Crippen LogP contribution in [0.3, 0.4) is 0 Å². The molecular weight excluding hydrogens is 360 g/mol. The van der Waals surface area contributed by atoms with E-state index < -0.39 is 11.9 Å². The summed E-state index contributed by atoms with van der Waals surface area (Å²) in [6.45, 7) is 0. The first-order valence-electron chi connectivity index (χ1n) is 8.42. The third-order valence-corrected chi connectivity index (χ3v) is 3.86. The Morgan fingerprint density at radius 1 is 0.571 bits per heavy atom. The van der Waals surface area contributed by atoms with Crippen LogP contribution >= 0.6 is 0 Å². The van der Waals surface area contributed by atoms with Crippen molar-refractivity contribution < 1.29 is 28.5 Å². The highest BCUT2D eigenvalue weighted by molar-refractivity contribution is 5.89. The van der Waals surface area contributed by atoms with Crippen LogP contribution in [0.25, 0.3) is 0 Å². The molecule has 0 N–H and O–H groups in total. The largest absolute Gasteiger partial charge is 0.465 e. The minimum absolute atomic E-state index is 0.411. The Morgan fingerprint density at radius 3 is 1.25 bits per heavy atom. The van der Waals surface area contributed by atoms with E-state index in [0.717, 1.165) is 0 Å². The highest BCUT2D eigenvalue weighted by Crippen LogP contribution is 2.34. The summed E-state index contributed by atoms with van der Waals surface area (Å²) in [6.07, 6.45) is 0. The zero-order valence-corrected chi connectivity index (χ0v) is 15.4. The molecule has 0 heterocycles. The quantitative estimate of drug-likeness (QED) is 0.571. The van der Waals surface area contributed by atoms with Crippen molar-refractivity contribution in [2.75, 3.05) is 14.2 Å². The van der Waals surface area contributed by atoms with E-state index in [1.165, 1.54) is 14.2 Å². The van der Waals surface area contributed by atoms with Crippen LogP contribution in [0.2, 0.25) is 0 Å². The smallest absolute Gasteiger partial charge is 0.337 e. The predicted molar refractivity (Wildman–Crippen MR) is 102 cm³/mol. The maximum absolute atomic E-state index is 11.5. The Kier molecular flexibility index (Phi) is 5.91. The number of ether oxygens (including phenoxy) is 4. The fourth-order valence-electron chi connectivity index (χ4n) is 2.43. The number of methoxy groups -OCH3 is 2. The van der Waals surface area contributed by atoms with Gasteiger partial charge in [-0.3, -0.25) is 0 Å². The maximum Gasteiger partial charge on any atom is 0.337 e. The number of esters is 2. The molecule has 0 radical (unpaired) electrons. The fraction of sp³-hybridized carbons (Fsp3) is 0.0909. The summed E-state index contributed by atoms with van der Waals surface area (Å²) in [5.74, 6) is 1.28. The number of rotatable bonds is 6. The van der Waals surface area contributed by atoms with Crippen molar-refractivity contribution in [2.24, 2.45) is 0 Å². The normalized spacial score (nSPS) is 10.1. The molecule has 3 aromatic rings. The van der Waals surface area contributed by atoms with E-state index in [1.807, 2.05) is 12.1 Å². The van der Waals surface area contributed by atoms with Crippen LogP contribution in [-0.2, 0) is 9.47 Å². The van der Waals surface area contributed by atoms with Crippen LogP contribution in [0.1, 0.15) is 20.7 Å². The predicted octanol–water partition coefficient (Wildman–Crippen LogP) is 4.84. The van der Waals surface area contributed by atoms with Gasteiger partial charge in [-0.2, -0.15) is 0 Å². The summed E-state index contributed by atoms with van der Waals surface area (Å²) in [4.78, 5) is 23.0. The molecule has 28 heavy (non-hydrogen) atoms. The number of benzene rings is 3. The Bertz CT molecular complexity index is 881. The molecule has 0 saturated heterocycles. The molecular formula is C22H18O6. The van der Waals surface area contributed by atoms with E-state index in [1.54, 1.807) is 60.7 Å². The van der Waals surface area contributed by atoms with E-state index in [9.17, 15) is 9.59 Å². The van der Waals surface area contributed by atoms with Crippen molar-refractivity contribution in [3.05, 3.63) is 83.9 Å². The van der Waals surface area contributed by atoms with E-state index in [-0.39, 0.29) is 0 Å². The van der Waals surface area contributed by atoms with E-state index in [0.29, 0.717) is 34.1 Å². The van der Waals surface area contributed by atoms with Gasteiger partial charge in [-0.1, -0.05) is 12.1 Å². The Labute approximate surface area is 162 Å². The second-order valence-electron chi connectivity index (χ2n) is 5.68. The van der Waals surface area contributed by atoms with Crippen LogP contribution in [-0.4, -0.2) is 26.2 Å². The summed E-state index contributed by atoms with van der Waals surface area (Å²) in [5, 5.41) is 0. The Hall–Kier alpha value is -3.80. The van der Waals surface area contributed by atoms with Gasteiger partial charge in [-0.25, -0.2) is 9.59 Å². The van der Waals surface area contributed by atoms with Crippen LogP contribution in [0.15, 0.2) is 72.8 Å². The van der Waals surface area contributed by atoms with Gasteiger partial charge in [0.1, 0.15) is 11.5 Å². The van der Waals surface area contributed by atoms with Gasteiger partial charge >= 0.3 is 11.9 Å². The molecule has 0 aliphatic rings. The van der Waals surface area contributed by atoms with Crippen molar-refractivity contribution in [1.29, 1.82) is 0 Å². The molecule has 0 unspecified atom stereocenters. The topological polar surface area (TPSA) is 71.1 Å². The van der Waals surface area contributed by atoms with Crippen molar-refractivity contribution >= 4 is 11.9 Å². The van der Waals surface area contributed by atoms with Gasteiger partial charge in [0.05, 0.1) is 25.3 Å². The van der Waals surface area contributed by atoms with E-state index in [2.05, 4.69) is 9.47 Å². The van der Waals surface area contributed by atoms with Gasteiger partial charge in [0.15, 0.2) is 11.5 Å². The minimum Gasteiger partial charge on any atom is -0.465 e. The molecule has 142 valence electrons. The molecule has 3 aromatic carbocycles. The third-order valence-electron chi connectivity index (χ3n) is 3.86. The molecule has 0 aliphatic heterocycles. The number of carbonyl (C=O) groups excluding carboxylic acids is 2. The zero-order valence-electron chi connectivity index (χ0n) is 15.4. The van der Waals surface area contributed by atoms with Gasteiger partial charge < -0.3 is 18.9 Å². The van der Waals surface area contributed by atoms with Gasteiger partial charge in [0, 0.05) is 0 Å². The molecule has 0 spiro atoms. The van der Waals surface area contributed by atoms with Gasteiger partial charge in [-0.15, -0.1) is 0 Å². The molecule has 0 amide bonds. The minimum atomic E-state index is -0.411. The number of hydrogen-bond donors (Lipinski definition) is 0. The molecule has 0 aliphatic carbocycles. The SMILES string of the molecule is COC(=O)c1ccc(Oc2ccccc2Oc2ccc(C(=O)OC)cc2)cc1. The Balaban J connectivity index is 1.76. The van der Waals surface area contributed by atoms with Crippen LogP contribution in [0, 0.1) is 0 Å². The first-order valence-corrected chi connectivity index (χ1v) is 8.42. The molecule has 6 heteroatoms. The third kappa shape index (κ3) is 4.48. The summed E-state index contributed by atoms with van der Waals surface area (Å²) in [7, 11) is 2.66. The molecule has 0 aromatic heterocycles. The summed E-state index contributed by atoms with van der Waals surface area (Å²) in [6, 6.07) is 20.4. The first kappa shape index (κ1) is 19.0. The zero-order chi connectivity index (χ0) is 19.9.